The molecule has 0 radical (unpaired) electrons. The summed E-state index contributed by atoms with van der Waals surface area (Å²) >= 11 is 2.04. The Morgan fingerprint density at radius 3 is 3.00 bits per heavy atom. The van der Waals surface area contributed by atoms with Crippen LogP contribution in [-0.4, -0.2) is 22.5 Å². The van der Waals surface area contributed by atoms with Crippen molar-refractivity contribution >= 4 is 17.4 Å². The highest BCUT2D eigenvalue weighted by molar-refractivity contribution is 7.99. The number of benzene rings is 1. The number of hydrogen-bond acceptors (Lipinski definition) is 4. The molecular weight excluding hydrogens is 260 g/mol. The molecule has 0 aliphatic carbocycles. The van der Waals surface area contributed by atoms with Crippen LogP contribution in [0.25, 0.3) is 0 Å². The number of rotatable bonds is 5. The molecule has 0 bridgehead atoms. The van der Waals surface area contributed by atoms with Gasteiger partial charge in [0.05, 0.1) is 4.92 Å². The average molecular weight is 280 g/mol. The first-order valence-electron chi connectivity index (χ1n) is 6.73. The summed E-state index contributed by atoms with van der Waals surface area (Å²) in [5.41, 5.74) is 1.92. The molecule has 1 unspecified atom stereocenters. The van der Waals surface area contributed by atoms with Crippen LogP contribution in [-0.2, 0) is 6.54 Å². The monoisotopic (exact) mass is 280 g/mol. The Morgan fingerprint density at radius 1 is 1.47 bits per heavy atom. The van der Waals surface area contributed by atoms with Crippen molar-refractivity contribution in [2.45, 2.75) is 38.0 Å². The van der Waals surface area contributed by atoms with Crippen molar-refractivity contribution in [3.05, 3.63) is 39.4 Å². The summed E-state index contributed by atoms with van der Waals surface area (Å²) in [6, 6.07) is 5.46. The third kappa shape index (κ3) is 4.21. The molecule has 0 aromatic heterocycles. The lowest BCUT2D eigenvalue weighted by molar-refractivity contribution is -0.385. The van der Waals surface area contributed by atoms with E-state index in [1.165, 1.54) is 25.0 Å². The van der Waals surface area contributed by atoms with Crippen LogP contribution in [0, 0.1) is 17.0 Å². The second-order valence-corrected chi connectivity index (χ2v) is 6.41. The third-order valence-corrected chi connectivity index (χ3v) is 4.84. The van der Waals surface area contributed by atoms with E-state index < -0.39 is 0 Å². The van der Waals surface area contributed by atoms with Gasteiger partial charge in [-0.1, -0.05) is 18.6 Å². The van der Waals surface area contributed by atoms with E-state index in [2.05, 4.69) is 5.32 Å². The Labute approximate surface area is 118 Å². The number of nitrogens with one attached hydrogen (secondary N) is 1. The Bertz CT molecular complexity index is 445. The van der Waals surface area contributed by atoms with Crippen molar-refractivity contribution in [3.63, 3.8) is 0 Å². The minimum absolute atomic E-state index is 0.214. The van der Waals surface area contributed by atoms with E-state index in [0.717, 1.165) is 17.7 Å². The largest absolute Gasteiger partial charge is 0.312 e. The lowest BCUT2D eigenvalue weighted by atomic mass is 10.1. The van der Waals surface area contributed by atoms with Gasteiger partial charge in [0.1, 0.15) is 0 Å². The fraction of sp³-hybridized carbons (Fsp3) is 0.571. The second kappa shape index (κ2) is 6.91. The van der Waals surface area contributed by atoms with Gasteiger partial charge in [-0.25, -0.2) is 0 Å². The molecule has 1 fully saturated rings. The summed E-state index contributed by atoms with van der Waals surface area (Å²) < 4.78 is 0. The zero-order chi connectivity index (χ0) is 13.7. The van der Waals surface area contributed by atoms with Gasteiger partial charge in [0.15, 0.2) is 0 Å². The molecule has 104 valence electrons. The van der Waals surface area contributed by atoms with Gasteiger partial charge in [0.2, 0.25) is 0 Å². The van der Waals surface area contributed by atoms with Crippen molar-refractivity contribution in [2.75, 3.05) is 12.3 Å². The predicted molar refractivity (Wildman–Crippen MR) is 79.6 cm³/mol. The van der Waals surface area contributed by atoms with Gasteiger partial charge in [0.25, 0.3) is 5.69 Å². The number of hydrogen-bond donors (Lipinski definition) is 1. The van der Waals surface area contributed by atoms with Crippen LogP contribution in [0.5, 0.6) is 0 Å². The van der Waals surface area contributed by atoms with Crippen LogP contribution < -0.4 is 5.32 Å². The number of thioether (sulfide) groups is 1. The van der Waals surface area contributed by atoms with Crippen molar-refractivity contribution < 1.29 is 4.92 Å². The topological polar surface area (TPSA) is 55.2 Å². The molecule has 1 aliphatic heterocycles. The van der Waals surface area contributed by atoms with E-state index in [1.807, 2.05) is 23.9 Å². The van der Waals surface area contributed by atoms with Gasteiger partial charge < -0.3 is 5.32 Å². The lowest BCUT2D eigenvalue weighted by Gasteiger charge is -2.21. The molecule has 1 saturated heterocycles. The van der Waals surface area contributed by atoms with Crippen molar-refractivity contribution in [2.24, 2.45) is 0 Å². The lowest BCUT2D eigenvalue weighted by Crippen LogP contribution is -2.26. The SMILES string of the molecule is Cc1ccc(CNCC2CCCCS2)cc1[N+](=O)[O-]. The van der Waals surface area contributed by atoms with Crippen molar-refractivity contribution in [1.29, 1.82) is 0 Å². The van der Waals surface area contributed by atoms with E-state index in [1.54, 1.807) is 13.0 Å². The molecule has 1 N–H and O–H groups in total. The van der Waals surface area contributed by atoms with Crippen LogP contribution in [0.1, 0.15) is 30.4 Å². The van der Waals surface area contributed by atoms with Crippen LogP contribution >= 0.6 is 11.8 Å². The molecule has 4 nitrogen and oxygen atoms in total. The quantitative estimate of drug-likeness (QED) is 0.664. The molecule has 2 rings (SSSR count). The zero-order valence-corrected chi connectivity index (χ0v) is 12.0. The van der Waals surface area contributed by atoms with Gasteiger partial charge in [-0.3, -0.25) is 10.1 Å². The van der Waals surface area contributed by atoms with Gasteiger partial charge in [-0.05, 0) is 31.1 Å². The van der Waals surface area contributed by atoms with Crippen LogP contribution in [0.3, 0.4) is 0 Å². The summed E-state index contributed by atoms with van der Waals surface area (Å²) in [4.78, 5) is 10.6. The molecule has 0 spiro atoms. The predicted octanol–water partition coefficient (Wildman–Crippen LogP) is 3.28. The van der Waals surface area contributed by atoms with Crippen molar-refractivity contribution in [3.8, 4) is 0 Å². The fourth-order valence-electron chi connectivity index (χ4n) is 2.31. The number of aryl methyl sites for hydroxylation is 1. The summed E-state index contributed by atoms with van der Waals surface area (Å²) in [6.07, 6.45) is 3.95. The molecule has 1 aromatic rings. The minimum atomic E-state index is -0.310. The maximum absolute atomic E-state index is 10.9. The Balaban J connectivity index is 1.85. The van der Waals surface area contributed by atoms with Crippen LogP contribution in [0.4, 0.5) is 5.69 Å². The Morgan fingerprint density at radius 2 is 2.32 bits per heavy atom. The Kier molecular flexibility index (Phi) is 5.22. The van der Waals surface area contributed by atoms with Crippen LogP contribution in [0.15, 0.2) is 18.2 Å². The first-order valence-corrected chi connectivity index (χ1v) is 7.78. The molecule has 1 aromatic carbocycles. The smallest absolute Gasteiger partial charge is 0.272 e. The second-order valence-electron chi connectivity index (χ2n) is 5.00. The number of nitro benzene ring substituents is 1. The number of nitrogens with zero attached hydrogens (tertiary/aromatic N) is 1. The van der Waals surface area contributed by atoms with Gasteiger partial charge >= 0.3 is 0 Å². The van der Waals surface area contributed by atoms with Gasteiger partial charge in [-0.15, -0.1) is 0 Å². The Hall–Kier alpha value is -1.07. The first kappa shape index (κ1) is 14.3. The normalized spacial score (nSPS) is 19.3. The minimum Gasteiger partial charge on any atom is -0.312 e. The van der Waals surface area contributed by atoms with Crippen LogP contribution in [0.2, 0.25) is 0 Å². The standard InChI is InChI=1S/C14H20N2O2S/c1-11-5-6-12(8-14(11)16(17)18)9-15-10-13-4-2-3-7-19-13/h5-6,8,13,15H,2-4,7,9-10H2,1H3. The molecule has 1 heterocycles. The highest BCUT2D eigenvalue weighted by Crippen LogP contribution is 2.24. The average Bonchev–Trinajstić information content (AvgIpc) is 2.41. The maximum atomic E-state index is 10.9. The van der Waals surface area contributed by atoms with Gasteiger partial charge in [-0.2, -0.15) is 11.8 Å². The van der Waals surface area contributed by atoms with E-state index in [4.69, 9.17) is 0 Å². The summed E-state index contributed by atoms with van der Waals surface area (Å²) in [7, 11) is 0. The molecule has 1 atom stereocenters. The molecule has 0 saturated carbocycles. The zero-order valence-electron chi connectivity index (χ0n) is 11.2. The molecular formula is C14H20N2O2S. The summed E-state index contributed by atoms with van der Waals surface area (Å²) in [5.74, 6) is 1.27. The highest BCUT2D eigenvalue weighted by Gasteiger charge is 2.14. The number of nitro groups is 1. The van der Waals surface area contributed by atoms with E-state index >= 15 is 0 Å². The fourth-order valence-corrected chi connectivity index (χ4v) is 3.58. The van der Waals surface area contributed by atoms with E-state index in [-0.39, 0.29) is 10.6 Å². The molecule has 1 aliphatic rings. The summed E-state index contributed by atoms with van der Waals surface area (Å²) in [5, 5.41) is 15.0. The molecule has 5 heteroatoms. The molecule has 0 amide bonds. The van der Waals surface area contributed by atoms with E-state index in [9.17, 15) is 10.1 Å². The molecule has 19 heavy (non-hydrogen) atoms. The van der Waals surface area contributed by atoms with E-state index in [0.29, 0.717) is 11.8 Å². The van der Waals surface area contributed by atoms with Crippen molar-refractivity contribution in [1.82, 2.24) is 5.32 Å². The maximum Gasteiger partial charge on any atom is 0.272 e. The third-order valence-electron chi connectivity index (χ3n) is 3.45. The highest BCUT2D eigenvalue weighted by atomic mass is 32.2. The van der Waals surface area contributed by atoms with Gasteiger partial charge in [0, 0.05) is 30.0 Å². The first-order chi connectivity index (χ1) is 9.16. The summed E-state index contributed by atoms with van der Waals surface area (Å²) in [6.45, 7) is 3.47.